The number of nitrogens with one attached hydrogen (secondary N) is 1. The summed E-state index contributed by atoms with van der Waals surface area (Å²) in [6.07, 6.45) is 15.3. The average molecular weight is 489 g/mol. The Morgan fingerprint density at radius 1 is 0.861 bits per heavy atom. The minimum atomic E-state index is 0.230. The predicted molar refractivity (Wildman–Crippen MR) is 144 cm³/mol. The summed E-state index contributed by atoms with van der Waals surface area (Å²) in [4.78, 5) is 27.4. The van der Waals surface area contributed by atoms with Crippen LogP contribution < -0.4 is 10.2 Å². The molecule has 0 atom stereocenters. The molecular formula is C29H40N6O. The first kappa shape index (κ1) is 23.7. The molecule has 0 bridgehead atoms. The number of para-hydroxylation sites is 2. The van der Waals surface area contributed by atoms with Crippen molar-refractivity contribution >= 4 is 28.5 Å². The number of aromatic nitrogens is 3. The summed E-state index contributed by atoms with van der Waals surface area (Å²) in [5, 5.41) is 3.56. The topological polar surface area (TPSA) is 65.8 Å². The van der Waals surface area contributed by atoms with Crippen LogP contribution >= 0.6 is 0 Å². The molecule has 1 aliphatic heterocycles. The summed E-state index contributed by atoms with van der Waals surface area (Å²) < 4.78 is 2.05. The van der Waals surface area contributed by atoms with E-state index in [2.05, 4.69) is 37.8 Å². The third-order valence-electron chi connectivity index (χ3n) is 8.87. The van der Waals surface area contributed by atoms with Gasteiger partial charge in [-0.1, -0.05) is 50.7 Å². The van der Waals surface area contributed by atoms with Crippen LogP contribution in [0.3, 0.4) is 0 Å². The summed E-state index contributed by atoms with van der Waals surface area (Å²) in [6, 6.07) is 10.6. The van der Waals surface area contributed by atoms with Crippen LogP contribution in [0.2, 0.25) is 0 Å². The number of fused-ring (bicyclic) bond motifs is 3. The van der Waals surface area contributed by atoms with E-state index in [4.69, 9.17) is 9.97 Å². The van der Waals surface area contributed by atoms with Gasteiger partial charge in [-0.2, -0.15) is 4.98 Å². The van der Waals surface area contributed by atoms with E-state index in [9.17, 15) is 4.79 Å². The van der Waals surface area contributed by atoms with Gasteiger partial charge < -0.3 is 10.2 Å². The maximum absolute atomic E-state index is 13.2. The van der Waals surface area contributed by atoms with Crippen LogP contribution in [-0.2, 0) is 4.79 Å². The molecule has 192 valence electrons. The third-order valence-corrected chi connectivity index (χ3v) is 8.87. The number of hydrogen-bond donors (Lipinski definition) is 1. The van der Waals surface area contributed by atoms with Gasteiger partial charge in [0.1, 0.15) is 5.82 Å². The maximum Gasteiger partial charge on any atom is 0.236 e. The second kappa shape index (κ2) is 10.8. The second-order valence-electron chi connectivity index (χ2n) is 11.2. The quantitative estimate of drug-likeness (QED) is 0.547. The molecule has 3 heterocycles. The van der Waals surface area contributed by atoms with Gasteiger partial charge >= 0.3 is 0 Å². The fourth-order valence-corrected chi connectivity index (χ4v) is 6.89. The van der Waals surface area contributed by atoms with Gasteiger partial charge in [-0.15, -0.1) is 0 Å². The van der Waals surface area contributed by atoms with E-state index >= 15 is 0 Å². The van der Waals surface area contributed by atoms with Crippen molar-refractivity contribution in [2.75, 3.05) is 37.6 Å². The first-order valence-corrected chi connectivity index (χ1v) is 14.2. The number of hydrogen-bond acceptors (Lipinski definition) is 5. The summed E-state index contributed by atoms with van der Waals surface area (Å²) in [7, 11) is 0. The van der Waals surface area contributed by atoms with Crippen LogP contribution in [0.1, 0.15) is 64.2 Å². The molecule has 0 radical (unpaired) electrons. The molecule has 0 unspecified atom stereocenters. The molecular weight excluding hydrogens is 448 g/mol. The Labute approximate surface area is 214 Å². The smallest absolute Gasteiger partial charge is 0.236 e. The number of anilines is 1. The molecule has 1 aromatic carbocycles. The molecule has 7 heteroatoms. The highest BCUT2D eigenvalue weighted by Gasteiger charge is 2.33. The second-order valence-corrected chi connectivity index (χ2v) is 11.2. The lowest BCUT2D eigenvalue weighted by atomic mass is 9.74. The van der Waals surface area contributed by atoms with Crippen molar-refractivity contribution in [3.63, 3.8) is 0 Å². The average Bonchev–Trinajstić information content (AvgIpc) is 3.31. The third kappa shape index (κ3) is 5.08. The summed E-state index contributed by atoms with van der Waals surface area (Å²) >= 11 is 0. The Balaban J connectivity index is 1.05. The van der Waals surface area contributed by atoms with Crippen LogP contribution in [0.4, 0.5) is 5.82 Å². The lowest BCUT2D eigenvalue weighted by Crippen LogP contribution is -2.53. The minimum absolute atomic E-state index is 0.230. The number of rotatable bonds is 6. The summed E-state index contributed by atoms with van der Waals surface area (Å²) in [5.74, 6) is 3.31. The van der Waals surface area contributed by atoms with Gasteiger partial charge in [0, 0.05) is 38.4 Å². The molecule has 2 saturated carbocycles. The van der Waals surface area contributed by atoms with Crippen LogP contribution in [0.5, 0.6) is 0 Å². The first-order valence-electron chi connectivity index (χ1n) is 14.2. The van der Waals surface area contributed by atoms with Crippen LogP contribution in [0.15, 0.2) is 36.5 Å². The molecule has 1 amide bonds. The first-order chi connectivity index (χ1) is 17.7. The molecule has 36 heavy (non-hydrogen) atoms. The Kier molecular flexibility index (Phi) is 7.08. The van der Waals surface area contributed by atoms with Gasteiger partial charge in [-0.25, -0.2) is 4.98 Å². The zero-order valence-electron chi connectivity index (χ0n) is 21.4. The highest BCUT2D eigenvalue weighted by atomic mass is 16.2. The molecule has 1 saturated heterocycles. The van der Waals surface area contributed by atoms with Crippen molar-refractivity contribution in [1.82, 2.24) is 24.6 Å². The maximum atomic E-state index is 13.2. The van der Waals surface area contributed by atoms with Gasteiger partial charge in [0.15, 0.2) is 0 Å². The monoisotopic (exact) mass is 488 g/mol. The molecule has 2 aliphatic carbocycles. The lowest BCUT2D eigenvalue weighted by Gasteiger charge is -2.39. The lowest BCUT2D eigenvalue weighted by molar-refractivity contribution is -0.124. The van der Waals surface area contributed by atoms with Gasteiger partial charge in [0.25, 0.3) is 0 Å². The number of carbonyl (C=O) groups is 1. The van der Waals surface area contributed by atoms with E-state index in [1.165, 1.54) is 64.2 Å². The van der Waals surface area contributed by atoms with Crippen molar-refractivity contribution < 1.29 is 4.79 Å². The zero-order valence-corrected chi connectivity index (χ0v) is 21.4. The highest BCUT2D eigenvalue weighted by Crippen LogP contribution is 2.35. The molecule has 7 nitrogen and oxygen atoms in total. The Bertz CT molecular complexity index is 1150. The molecule has 0 spiro atoms. The van der Waals surface area contributed by atoms with Gasteiger partial charge in [0.2, 0.25) is 11.7 Å². The SMILES string of the molecule is O=C(CN1CCN(c2ccn3c(n2)nc2ccccc23)CC1)NC(C1CCCCC1)C1CCCCC1. The predicted octanol–water partition coefficient (Wildman–Crippen LogP) is 4.65. The van der Waals surface area contributed by atoms with Crippen LogP contribution in [0.25, 0.3) is 16.8 Å². The summed E-state index contributed by atoms with van der Waals surface area (Å²) in [5.41, 5.74) is 2.06. The standard InChI is InChI=1S/C29H40N6O/c36-27(32-28(22-9-3-1-4-10-22)23-11-5-2-6-12-23)21-33-17-19-34(20-18-33)26-15-16-35-25-14-8-7-13-24(25)30-29(35)31-26/h7-8,13-16,22-23,28H,1-6,9-12,17-21H2,(H,32,36). The molecule has 6 rings (SSSR count). The van der Waals surface area contributed by atoms with E-state index in [0.717, 1.165) is 48.8 Å². The van der Waals surface area contributed by atoms with E-state index in [0.29, 0.717) is 24.4 Å². The van der Waals surface area contributed by atoms with Gasteiger partial charge in [0.05, 0.1) is 17.6 Å². The van der Waals surface area contributed by atoms with E-state index < -0.39 is 0 Å². The molecule has 2 aromatic heterocycles. The number of nitrogens with zero attached hydrogens (tertiary/aromatic N) is 5. The Morgan fingerprint density at radius 2 is 1.53 bits per heavy atom. The number of carbonyl (C=O) groups excluding carboxylic acids is 1. The number of benzene rings is 1. The Morgan fingerprint density at radius 3 is 2.22 bits per heavy atom. The van der Waals surface area contributed by atoms with Crippen molar-refractivity contribution in [3.05, 3.63) is 36.5 Å². The number of imidazole rings is 1. The number of piperazine rings is 1. The largest absolute Gasteiger partial charge is 0.354 e. The van der Waals surface area contributed by atoms with Crippen molar-refractivity contribution in [2.24, 2.45) is 11.8 Å². The number of amides is 1. The molecule has 3 fully saturated rings. The summed E-state index contributed by atoms with van der Waals surface area (Å²) in [6.45, 7) is 4.04. The van der Waals surface area contributed by atoms with Gasteiger partial charge in [-0.05, 0) is 55.7 Å². The van der Waals surface area contributed by atoms with E-state index in [1.54, 1.807) is 0 Å². The molecule has 3 aliphatic rings. The molecule has 1 N–H and O–H groups in total. The van der Waals surface area contributed by atoms with E-state index in [-0.39, 0.29) is 5.91 Å². The highest BCUT2D eigenvalue weighted by molar-refractivity contribution is 5.80. The van der Waals surface area contributed by atoms with Crippen molar-refractivity contribution in [1.29, 1.82) is 0 Å². The minimum Gasteiger partial charge on any atom is -0.354 e. The fourth-order valence-electron chi connectivity index (χ4n) is 6.89. The van der Waals surface area contributed by atoms with Gasteiger partial charge in [-0.3, -0.25) is 14.1 Å². The molecule has 3 aromatic rings. The van der Waals surface area contributed by atoms with E-state index in [1.807, 2.05) is 18.2 Å². The fraction of sp³-hybridized carbons (Fsp3) is 0.621. The normalized spacial score (nSPS) is 21.0. The van der Waals surface area contributed by atoms with Crippen LogP contribution in [-0.4, -0.2) is 63.9 Å². The van der Waals surface area contributed by atoms with Crippen molar-refractivity contribution in [2.45, 2.75) is 70.3 Å². The zero-order chi connectivity index (χ0) is 24.3. The Hall–Kier alpha value is -2.67. The van der Waals surface area contributed by atoms with Crippen LogP contribution in [0, 0.1) is 11.8 Å². The van der Waals surface area contributed by atoms with Crippen molar-refractivity contribution in [3.8, 4) is 0 Å².